The van der Waals surface area contributed by atoms with Crippen LogP contribution in [0.15, 0.2) is 24.3 Å². The molecule has 1 spiro atoms. The SMILES string of the molecule is C[C@H](Cc1ccccc1F)N[C@@H]1CCO[C@]2(CCSC2)C1. The first-order valence-corrected chi connectivity index (χ1v) is 9.03. The van der Waals surface area contributed by atoms with E-state index in [9.17, 15) is 4.39 Å². The van der Waals surface area contributed by atoms with Gasteiger partial charge in [0.15, 0.2) is 0 Å². The number of thioether (sulfide) groups is 1. The molecule has 21 heavy (non-hydrogen) atoms. The maximum atomic E-state index is 13.7. The van der Waals surface area contributed by atoms with Gasteiger partial charge in [0.25, 0.3) is 0 Å². The van der Waals surface area contributed by atoms with Crippen molar-refractivity contribution in [3.63, 3.8) is 0 Å². The van der Waals surface area contributed by atoms with E-state index in [4.69, 9.17) is 4.74 Å². The smallest absolute Gasteiger partial charge is 0.126 e. The number of nitrogens with one attached hydrogen (secondary N) is 1. The standard InChI is InChI=1S/C17H24FNOS/c1-13(10-14-4-2-3-5-16(14)18)19-15-6-8-20-17(11-15)7-9-21-12-17/h2-5,13,15,19H,6-12H2,1H3/t13-,15-,17-/m1/s1. The Hall–Kier alpha value is -0.580. The fourth-order valence-corrected chi connectivity index (χ4v) is 4.87. The Morgan fingerprint density at radius 3 is 3.10 bits per heavy atom. The van der Waals surface area contributed by atoms with Crippen LogP contribution in [-0.2, 0) is 11.2 Å². The molecule has 2 heterocycles. The summed E-state index contributed by atoms with van der Waals surface area (Å²) < 4.78 is 19.8. The van der Waals surface area contributed by atoms with Crippen molar-refractivity contribution in [3.05, 3.63) is 35.6 Å². The summed E-state index contributed by atoms with van der Waals surface area (Å²) in [6.45, 7) is 3.00. The average Bonchev–Trinajstić information content (AvgIpc) is 2.89. The lowest BCUT2D eigenvalue weighted by Crippen LogP contribution is -2.49. The lowest BCUT2D eigenvalue weighted by atomic mass is 9.89. The van der Waals surface area contributed by atoms with Crippen LogP contribution in [-0.4, -0.2) is 35.8 Å². The second kappa shape index (κ2) is 6.67. The van der Waals surface area contributed by atoms with E-state index in [2.05, 4.69) is 12.2 Å². The molecule has 4 heteroatoms. The number of hydrogen-bond donors (Lipinski definition) is 1. The summed E-state index contributed by atoms with van der Waals surface area (Å²) in [7, 11) is 0. The highest BCUT2D eigenvalue weighted by Gasteiger charge is 2.40. The van der Waals surface area contributed by atoms with Crippen molar-refractivity contribution in [2.45, 2.75) is 50.3 Å². The molecule has 0 amide bonds. The monoisotopic (exact) mass is 309 g/mol. The fourth-order valence-electron chi connectivity index (χ4n) is 3.49. The molecular weight excluding hydrogens is 285 g/mol. The van der Waals surface area contributed by atoms with Gasteiger partial charge in [-0.2, -0.15) is 11.8 Å². The zero-order valence-corrected chi connectivity index (χ0v) is 13.4. The van der Waals surface area contributed by atoms with Crippen LogP contribution in [0.4, 0.5) is 4.39 Å². The molecule has 0 unspecified atom stereocenters. The van der Waals surface area contributed by atoms with Crippen LogP contribution in [0, 0.1) is 5.82 Å². The first-order chi connectivity index (χ1) is 10.2. The predicted octanol–water partition coefficient (Wildman–Crippen LogP) is 3.40. The van der Waals surface area contributed by atoms with E-state index in [0.717, 1.165) is 37.2 Å². The largest absolute Gasteiger partial charge is 0.374 e. The summed E-state index contributed by atoms with van der Waals surface area (Å²) in [6, 6.07) is 7.87. The van der Waals surface area contributed by atoms with E-state index in [1.165, 1.54) is 12.2 Å². The molecule has 2 aliphatic heterocycles. The quantitative estimate of drug-likeness (QED) is 0.921. The summed E-state index contributed by atoms with van der Waals surface area (Å²) in [5.41, 5.74) is 0.911. The van der Waals surface area contributed by atoms with Gasteiger partial charge in [0.1, 0.15) is 5.82 Å². The van der Waals surface area contributed by atoms with Crippen LogP contribution in [0.5, 0.6) is 0 Å². The Kier molecular flexibility index (Phi) is 4.87. The third kappa shape index (κ3) is 3.79. The minimum Gasteiger partial charge on any atom is -0.374 e. The number of benzene rings is 1. The van der Waals surface area contributed by atoms with Crippen LogP contribution < -0.4 is 5.32 Å². The third-order valence-corrected chi connectivity index (χ3v) is 5.79. The van der Waals surface area contributed by atoms with Crippen LogP contribution >= 0.6 is 11.8 Å². The Morgan fingerprint density at radius 2 is 2.33 bits per heavy atom. The van der Waals surface area contributed by atoms with E-state index in [1.807, 2.05) is 23.9 Å². The topological polar surface area (TPSA) is 21.3 Å². The summed E-state index contributed by atoms with van der Waals surface area (Å²) in [6.07, 6.45) is 4.08. The van der Waals surface area contributed by atoms with E-state index in [-0.39, 0.29) is 17.5 Å². The summed E-state index contributed by atoms with van der Waals surface area (Å²) in [5, 5.41) is 3.69. The summed E-state index contributed by atoms with van der Waals surface area (Å²) >= 11 is 2.00. The van der Waals surface area contributed by atoms with Crippen LogP contribution in [0.25, 0.3) is 0 Å². The van der Waals surface area contributed by atoms with Crippen molar-refractivity contribution in [3.8, 4) is 0 Å². The van der Waals surface area contributed by atoms with Gasteiger partial charge in [-0.25, -0.2) is 4.39 Å². The molecule has 1 aromatic carbocycles. The molecule has 0 aromatic heterocycles. The van der Waals surface area contributed by atoms with Gasteiger partial charge < -0.3 is 10.1 Å². The number of hydrogen-bond acceptors (Lipinski definition) is 3. The zero-order chi connectivity index (χ0) is 14.7. The fraction of sp³-hybridized carbons (Fsp3) is 0.647. The van der Waals surface area contributed by atoms with Crippen molar-refractivity contribution in [1.82, 2.24) is 5.32 Å². The molecule has 0 saturated carbocycles. The maximum Gasteiger partial charge on any atom is 0.126 e. The number of ether oxygens (including phenoxy) is 1. The van der Waals surface area contributed by atoms with Gasteiger partial charge in [0.05, 0.1) is 5.60 Å². The lowest BCUT2D eigenvalue weighted by Gasteiger charge is -2.39. The highest BCUT2D eigenvalue weighted by molar-refractivity contribution is 7.99. The van der Waals surface area contributed by atoms with Gasteiger partial charge in [-0.05, 0) is 50.0 Å². The lowest BCUT2D eigenvalue weighted by molar-refractivity contribution is -0.0711. The Labute approximate surface area is 130 Å². The van der Waals surface area contributed by atoms with Gasteiger partial charge in [0.2, 0.25) is 0 Å². The summed E-state index contributed by atoms with van der Waals surface area (Å²) in [4.78, 5) is 0. The first-order valence-electron chi connectivity index (χ1n) is 7.88. The number of halogens is 1. The molecule has 2 fully saturated rings. The molecule has 116 valence electrons. The predicted molar refractivity (Wildman–Crippen MR) is 86.3 cm³/mol. The van der Waals surface area contributed by atoms with E-state index >= 15 is 0 Å². The molecule has 3 rings (SSSR count). The third-order valence-electron chi connectivity index (χ3n) is 4.56. The van der Waals surface area contributed by atoms with E-state index in [0.29, 0.717) is 6.04 Å². The number of rotatable bonds is 4. The van der Waals surface area contributed by atoms with Gasteiger partial charge in [0, 0.05) is 24.4 Å². The molecule has 3 atom stereocenters. The minimum absolute atomic E-state index is 0.0956. The summed E-state index contributed by atoms with van der Waals surface area (Å²) in [5.74, 6) is 2.26. The molecule has 0 aliphatic carbocycles. The molecule has 1 aromatic rings. The molecule has 2 aliphatic rings. The minimum atomic E-state index is -0.0956. The van der Waals surface area contributed by atoms with Crippen LogP contribution in [0.3, 0.4) is 0 Å². The van der Waals surface area contributed by atoms with Crippen molar-refractivity contribution in [1.29, 1.82) is 0 Å². The highest BCUT2D eigenvalue weighted by Crippen LogP contribution is 2.38. The van der Waals surface area contributed by atoms with Gasteiger partial charge in [-0.3, -0.25) is 0 Å². The maximum absolute atomic E-state index is 13.7. The molecular formula is C17H24FNOS. The van der Waals surface area contributed by atoms with Crippen LogP contribution in [0.2, 0.25) is 0 Å². The van der Waals surface area contributed by atoms with Crippen molar-refractivity contribution < 1.29 is 9.13 Å². The second-order valence-corrected chi connectivity index (χ2v) is 7.49. The highest BCUT2D eigenvalue weighted by atomic mass is 32.2. The van der Waals surface area contributed by atoms with Crippen molar-refractivity contribution in [2.75, 3.05) is 18.1 Å². The van der Waals surface area contributed by atoms with Gasteiger partial charge in [-0.1, -0.05) is 18.2 Å². The Bertz CT molecular complexity index is 476. The molecule has 2 nitrogen and oxygen atoms in total. The first kappa shape index (κ1) is 15.3. The average molecular weight is 309 g/mol. The zero-order valence-electron chi connectivity index (χ0n) is 12.6. The van der Waals surface area contributed by atoms with E-state index < -0.39 is 0 Å². The van der Waals surface area contributed by atoms with E-state index in [1.54, 1.807) is 12.1 Å². The molecule has 0 bridgehead atoms. The Balaban J connectivity index is 1.55. The molecule has 0 radical (unpaired) electrons. The normalized spacial score (nSPS) is 30.7. The van der Waals surface area contributed by atoms with Crippen molar-refractivity contribution in [2.24, 2.45) is 0 Å². The van der Waals surface area contributed by atoms with Crippen molar-refractivity contribution >= 4 is 11.8 Å². The van der Waals surface area contributed by atoms with Crippen LogP contribution in [0.1, 0.15) is 31.7 Å². The second-order valence-electron chi connectivity index (χ2n) is 6.39. The molecule has 1 N–H and O–H groups in total. The molecule has 2 saturated heterocycles. The van der Waals surface area contributed by atoms with Gasteiger partial charge in [-0.15, -0.1) is 0 Å². The Morgan fingerprint density at radius 1 is 1.48 bits per heavy atom. The van der Waals surface area contributed by atoms with Gasteiger partial charge >= 0.3 is 0 Å².